The second-order valence-corrected chi connectivity index (χ2v) is 9.39. The van der Waals surface area contributed by atoms with Crippen LogP contribution in [0.3, 0.4) is 0 Å². The average Bonchev–Trinajstić information content (AvgIpc) is 2.88. The van der Waals surface area contributed by atoms with E-state index in [0.29, 0.717) is 12.8 Å². The second-order valence-electron chi connectivity index (χ2n) is 8.42. The van der Waals surface area contributed by atoms with Crippen molar-refractivity contribution in [3.8, 4) is 0 Å². The SMILES string of the molecule is Nc1ccn(O[C@@H]2CC[C@H](O[PH](=O)O[C@H]3CC[C@@H](On4ccc(N)nc4=O)[C@@H](CO)O3)O[C@@H]2CO)c(=O)n1. The van der Waals surface area contributed by atoms with E-state index in [1.54, 1.807) is 0 Å². The number of anilines is 2. The molecule has 0 unspecified atom stereocenters. The van der Waals surface area contributed by atoms with Gasteiger partial charge in [-0.2, -0.15) is 9.97 Å². The molecule has 2 aliphatic rings. The third-order valence-corrected chi connectivity index (χ3v) is 6.67. The van der Waals surface area contributed by atoms with Gasteiger partial charge < -0.3 is 40.8 Å². The van der Waals surface area contributed by atoms with E-state index in [0.717, 1.165) is 9.46 Å². The first-order valence-electron chi connectivity index (χ1n) is 11.7. The van der Waals surface area contributed by atoms with Gasteiger partial charge in [0.2, 0.25) is 0 Å². The maximum absolute atomic E-state index is 12.5. The molecule has 38 heavy (non-hydrogen) atoms. The summed E-state index contributed by atoms with van der Waals surface area (Å²) in [6, 6.07) is 2.76. The normalized spacial score (nSPS) is 27.8. The van der Waals surface area contributed by atoms with Crippen LogP contribution in [0.4, 0.5) is 11.6 Å². The fourth-order valence-electron chi connectivity index (χ4n) is 3.91. The van der Waals surface area contributed by atoms with Gasteiger partial charge in [0.05, 0.1) is 25.6 Å². The molecule has 0 radical (unpaired) electrons. The number of hydrogen-bond acceptors (Lipinski definition) is 15. The van der Waals surface area contributed by atoms with Crippen molar-refractivity contribution in [3.63, 3.8) is 0 Å². The highest BCUT2D eigenvalue weighted by molar-refractivity contribution is 7.33. The van der Waals surface area contributed by atoms with Crippen LogP contribution >= 0.6 is 8.25 Å². The molecule has 0 saturated carbocycles. The highest BCUT2D eigenvalue weighted by atomic mass is 31.1. The minimum absolute atomic E-state index is 0.0388. The zero-order valence-electron chi connectivity index (χ0n) is 20.0. The Labute approximate surface area is 215 Å². The summed E-state index contributed by atoms with van der Waals surface area (Å²) < 4.78 is 36.3. The molecule has 0 bridgehead atoms. The van der Waals surface area contributed by atoms with E-state index < -0.39 is 69.8 Å². The zero-order valence-corrected chi connectivity index (χ0v) is 21.0. The second kappa shape index (κ2) is 12.7. The Morgan fingerprint density at radius 2 is 1.26 bits per heavy atom. The smallest absolute Gasteiger partial charge is 0.382 e. The van der Waals surface area contributed by atoms with Crippen molar-refractivity contribution in [3.05, 3.63) is 45.5 Å². The van der Waals surface area contributed by atoms with Crippen molar-refractivity contribution in [1.82, 2.24) is 19.4 Å². The molecule has 0 aromatic carbocycles. The zero-order chi connectivity index (χ0) is 27.2. The van der Waals surface area contributed by atoms with Gasteiger partial charge in [-0.15, -0.1) is 9.46 Å². The van der Waals surface area contributed by atoms with Crippen LogP contribution in [0.5, 0.6) is 0 Å². The van der Waals surface area contributed by atoms with Gasteiger partial charge >= 0.3 is 19.6 Å². The van der Waals surface area contributed by atoms with Crippen molar-refractivity contribution in [2.24, 2.45) is 0 Å². The Kier molecular flexibility index (Phi) is 9.32. The van der Waals surface area contributed by atoms with Crippen molar-refractivity contribution >= 4 is 19.9 Å². The van der Waals surface area contributed by atoms with E-state index in [1.807, 2.05) is 0 Å². The molecule has 2 saturated heterocycles. The van der Waals surface area contributed by atoms with Gasteiger partial charge in [0.1, 0.15) is 23.8 Å². The molecular weight excluding hydrogens is 531 g/mol. The first-order chi connectivity index (χ1) is 18.2. The lowest BCUT2D eigenvalue weighted by Crippen LogP contribution is -2.49. The van der Waals surface area contributed by atoms with Crippen LogP contribution in [0.1, 0.15) is 25.7 Å². The molecule has 0 amide bonds. The lowest BCUT2D eigenvalue weighted by Gasteiger charge is -2.36. The maximum atomic E-state index is 12.5. The monoisotopic (exact) mass is 560 g/mol. The topological polar surface area (TPSA) is 235 Å². The Morgan fingerprint density at radius 1 is 0.842 bits per heavy atom. The van der Waals surface area contributed by atoms with Crippen molar-refractivity contribution in [2.45, 2.75) is 62.7 Å². The summed E-state index contributed by atoms with van der Waals surface area (Å²) in [6.07, 6.45) is -1.49. The molecule has 2 aliphatic heterocycles. The standard InChI is InChI=1S/C20H29N6O11P/c21-15-5-7-25(19(29)23-15)34-11-1-3-17(32-13(11)9-27)36-38(31)37-18-4-2-12(14(10-28)33-18)35-26-8-6-16(22)24-20(26)30/h5-8,11-14,17-18,27-28,38H,1-4,9-10H2,(H2,21,23,29)(H2,22,24,30)/t11-,12-,13-,14-,17+,18+/m1/s1. The number of hydrogen-bond donors (Lipinski definition) is 4. The van der Waals surface area contributed by atoms with Crippen LogP contribution < -0.4 is 32.5 Å². The van der Waals surface area contributed by atoms with Crippen LogP contribution in [0, 0.1) is 0 Å². The summed E-state index contributed by atoms with van der Waals surface area (Å²) in [4.78, 5) is 42.1. The van der Waals surface area contributed by atoms with Gasteiger partial charge in [-0.25, -0.2) is 9.59 Å². The molecule has 2 aromatic rings. The molecule has 6 N–H and O–H groups in total. The highest BCUT2D eigenvalue weighted by Crippen LogP contribution is 2.36. The molecule has 4 heterocycles. The van der Waals surface area contributed by atoms with E-state index in [2.05, 4.69) is 9.97 Å². The minimum atomic E-state index is -3.13. The van der Waals surface area contributed by atoms with E-state index in [-0.39, 0.29) is 24.5 Å². The lowest BCUT2D eigenvalue weighted by molar-refractivity contribution is -0.224. The fraction of sp³-hybridized carbons (Fsp3) is 0.600. The van der Waals surface area contributed by atoms with Gasteiger partial charge in [0, 0.05) is 25.0 Å². The molecule has 6 atom stereocenters. The van der Waals surface area contributed by atoms with Crippen LogP contribution in [-0.4, -0.2) is 79.9 Å². The predicted molar refractivity (Wildman–Crippen MR) is 128 cm³/mol. The van der Waals surface area contributed by atoms with E-state index in [4.69, 9.17) is 39.7 Å². The number of nitrogens with two attached hydrogens (primary N) is 2. The molecule has 210 valence electrons. The van der Waals surface area contributed by atoms with Crippen LogP contribution in [-0.2, 0) is 23.1 Å². The third-order valence-electron chi connectivity index (χ3n) is 5.76. The number of nitrogens with zero attached hydrogens (tertiary/aromatic N) is 4. The van der Waals surface area contributed by atoms with Crippen molar-refractivity contribution in [1.29, 1.82) is 0 Å². The quantitative estimate of drug-likeness (QED) is 0.223. The number of aliphatic hydroxyl groups excluding tert-OH is 2. The van der Waals surface area contributed by atoms with Crippen molar-refractivity contribution < 1.29 is 43.0 Å². The van der Waals surface area contributed by atoms with Gasteiger partial charge in [0.25, 0.3) is 0 Å². The first kappa shape index (κ1) is 28.0. The molecule has 2 fully saturated rings. The van der Waals surface area contributed by atoms with Gasteiger partial charge in [0.15, 0.2) is 24.8 Å². The van der Waals surface area contributed by atoms with Crippen molar-refractivity contribution in [2.75, 3.05) is 24.7 Å². The number of ether oxygens (including phenoxy) is 2. The summed E-state index contributed by atoms with van der Waals surface area (Å²) in [5.74, 6) is 0.0777. The van der Waals surface area contributed by atoms with Crippen LogP contribution in [0.2, 0.25) is 0 Å². The van der Waals surface area contributed by atoms with Gasteiger partial charge in [-0.1, -0.05) is 0 Å². The minimum Gasteiger partial charge on any atom is -0.403 e. The number of rotatable bonds is 10. The summed E-state index contributed by atoms with van der Waals surface area (Å²) in [6.45, 7) is -0.914. The molecule has 0 aliphatic carbocycles. The van der Waals surface area contributed by atoms with E-state index >= 15 is 0 Å². The Morgan fingerprint density at radius 3 is 1.63 bits per heavy atom. The number of aliphatic hydroxyl groups is 2. The Bertz CT molecular complexity index is 1140. The number of nitrogen functional groups attached to an aromatic ring is 2. The highest BCUT2D eigenvalue weighted by Gasteiger charge is 2.37. The maximum Gasteiger partial charge on any atom is 0.382 e. The molecule has 2 aromatic heterocycles. The van der Waals surface area contributed by atoms with Crippen LogP contribution in [0.25, 0.3) is 0 Å². The lowest BCUT2D eigenvalue weighted by atomic mass is 10.1. The first-order valence-corrected chi connectivity index (χ1v) is 12.9. The summed E-state index contributed by atoms with van der Waals surface area (Å²) in [5, 5.41) is 19.4. The molecular formula is C20H29N6O11P. The fourth-order valence-corrected chi connectivity index (χ4v) is 4.75. The van der Waals surface area contributed by atoms with Gasteiger partial charge in [-0.3, -0.25) is 13.6 Å². The predicted octanol–water partition coefficient (Wildman–Crippen LogP) is -2.32. The number of aromatic nitrogens is 4. The summed E-state index contributed by atoms with van der Waals surface area (Å²) >= 11 is 0. The van der Waals surface area contributed by atoms with Crippen LogP contribution in [0.15, 0.2) is 34.1 Å². The summed E-state index contributed by atoms with van der Waals surface area (Å²) in [7, 11) is -3.13. The molecule has 17 nitrogen and oxygen atoms in total. The molecule has 18 heteroatoms. The van der Waals surface area contributed by atoms with Gasteiger partial charge in [-0.05, 0) is 12.8 Å². The van der Waals surface area contributed by atoms with E-state index in [1.165, 1.54) is 24.5 Å². The molecule has 4 rings (SSSR count). The van der Waals surface area contributed by atoms with E-state index in [9.17, 15) is 24.4 Å². The summed E-state index contributed by atoms with van der Waals surface area (Å²) in [5.41, 5.74) is 9.48. The Hall–Kier alpha value is -3.05. The molecule has 0 spiro atoms. The average molecular weight is 560 g/mol. The Balaban J connectivity index is 1.26. The largest absolute Gasteiger partial charge is 0.403 e. The third kappa shape index (κ3) is 7.08.